The Morgan fingerprint density at radius 2 is 2.04 bits per heavy atom. The monoisotopic (exact) mass is 432 g/mol. The van der Waals surface area contributed by atoms with Crippen molar-refractivity contribution in [3.63, 3.8) is 0 Å². The molecule has 26 heavy (non-hydrogen) atoms. The highest BCUT2D eigenvalue weighted by atomic mass is 79.9. The van der Waals surface area contributed by atoms with Crippen LogP contribution in [-0.4, -0.2) is 24.7 Å². The van der Waals surface area contributed by atoms with Crippen LogP contribution in [0.1, 0.15) is 23.7 Å². The van der Waals surface area contributed by atoms with E-state index in [0.717, 1.165) is 28.9 Å². The maximum atomic E-state index is 5.36. The number of halogens is 1. The molecule has 2 heterocycles. The minimum Gasteiger partial charge on any atom is -0.357 e. The number of benzene rings is 1. The van der Waals surface area contributed by atoms with Gasteiger partial charge in [0.2, 0.25) is 0 Å². The van der Waals surface area contributed by atoms with Crippen LogP contribution in [0.2, 0.25) is 0 Å². The third kappa shape index (κ3) is 4.70. The van der Waals surface area contributed by atoms with Crippen LogP contribution >= 0.6 is 28.1 Å². The van der Waals surface area contributed by atoms with Crippen molar-refractivity contribution in [1.82, 2.24) is 24.9 Å². The fourth-order valence-corrected chi connectivity index (χ4v) is 3.18. The predicted molar refractivity (Wildman–Crippen MR) is 111 cm³/mol. The molecule has 8 heteroatoms. The largest absolute Gasteiger partial charge is 0.357 e. The molecule has 0 aliphatic rings. The smallest absolute Gasteiger partial charge is 0.171 e. The van der Waals surface area contributed by atoms with E-state index in [-0.39, 0.29) is 0 Å². The van der Waals surface area contributed by atoms with E-state index in [1.54, 1.807) is 6.20 Å². The number of aryl methyl sites for hydroxylation is 2. The zero-order valence-corrected chi connectivity index (χ0v) is 17.1. The van der Waals surface area contributed by atoms with Crippen LogP contribution in [-0.2, 0) is 19.6 Å². The highest BCUT2D eigenvalue weighted by Gasteiger charge is 2.07. The van der Waals surface area contributed by atoms with Crippen LogP contribution in [0.3, 0.4) is 0 Å². The number of hydrogen-bond donors (Lipinski definition) is 2. The fraction of sp³-hybridized carbons (Fsp3) is 0.278. The Labute approximate surface area is 166 Å². The van der Waals surface area contributed by atoms with E-state index in [2.05, 4.69) is 62.7 Å². The minimum atomic E-state index is 0.540. The van der Waals surface area contributed by atoms with Gasteiger partial charge in [-0.25, -0.2) is 0 Å². The lowest BCUT2D eigenvalue weighted by atomic mass is 10.1. The molecule has 2 N–H and O–H groups in total. The maximum Gasteiger partial charge on any atom is 0.171 e. The van der Waals surface area contributed by atoms with Gasteiger partial charge >= 0.3 is 0 Å². The van der Waals surface area contributed by atoms with E-state index < -0.39 is 0 Å². The van der Waals surface area contributed by atoms with Gasteiger partial charge in [0, 0.05) is 18.9 Å². The third-order valence-electron chi connectivity index (χ3n) is 4.01. The number of anilines is 1. The number of thiocarbonyl (C=S) groups is 1. The van der Waals surface area contributed by atoms with E-state index >= 15 is 0 Å². The lowest BCUT2D eigenvalue weighted by Gasteiger charge is -2.08. The summed E-state index contributed by atoms with van der Waals surface area (Å²) in [6.45, 7) is 6.28. The average Bonchev–Trinajstić information content (AvgIpc) is 3.21. The molecule has 136 valence electrons. The van der Waals surface area contributed by atoms with Crippen molar-refractivity contribution in [1.29, 1.82) is 0 Å². The molecule has 0 amide bonds. The molecule has 0 spiro atoms. The number of nitrogens with one attached hydrogen (secondary N) is 2. The summed E-state index contributed by atoms with van der Waals surface area (Å²) in [7, 11) is 0. The number of rotatable bonds is 6. The van der Waals surface area contributed by atoms with Gasteiger partial charge in [-0.1, -0.05) is 24.3 Å². The molecule has 0 atom stereocenters. The van der Waals surface area contributed by atoms with Gasteiger partial charge in [-0.05, 0) is 53.1 Å². The summed E-state index contributed by atoms with van der Waals surface area (Å²) in [5.41, 5.74) is 4.28. The molecule has 0 aliphatic heterocycles. The van der Waals surface area contributed by atoms with Gasteiger partial charge in [-0.2, -0.15) is 10.2 Å². The van der Waals surface area contributed by atoms with Crippen LogP contribution in [0.5, 0.6) is 0 Å². The first-order valence-electron chi connectivity index (χ1n) is 8.38. The van der Waals surface area contributed by atoms with E-state index in [1.165, 1.54) is 11.1 Å². The van der Waals surface area contributed by atoms with E-state index in [4.69, 9.17) is 12.2 Å². The summed E-state index contributed by atoms with van der Waals surface area (Å²) in [4.78, 5) is 0. The number of hydrogen-bond acceptors (Lipinski definition) is 3. The van der Waals surface area contributed by atoms with Crippen molar-refractivity contribution in [2.75, 3.05) is 5.32 Å². The molecule has 3 aromatic rings. The molecule has 0 radical (unpaired) electrons. The summed E-state index contributed by atoms with van der Waals surface area (Å²) < 4.78 is 4.75. The van der Waals surface area contributed by atoms with E-state index in [0.29, 0.717) is 11.7 Å². The Hall–Kier alpha value is -2.19. The lowest BCUT2D eigenvalue weighted by Crippen LogP contribution is -2.28. The molecule has 1 aromatic carbocycles. The molecular weight excluding hydrogens is 412 g/mol. The van der Waals surface area contributed by atoms with Gasteiger partial charge in [0.25, 0.3) is 0 Å². The summed E-state index contributed by atoms with van der Waals surface area (Å²) in [5, 5.41) is 15.7. The molecule has 0 unspecified atom stereocenters. The Morgan fingerprint density at radius 1 is 1.23 bits per heavy atom. The van der Waals surface area contributed by atoms with Crippen molar-refractivity contribution in [2.24, 2.45) is 0 Å². The second-order valence-electron chi connectivity index (χ2n) is 5.94. The van der Waals surface area contributed by atoms with Crippen LogP contribution in [0, 0.1) is 6.92 Å². The Balaban J connectivity index is 1.54. The van der Waals surface area contributed by atoms with Crippen molar-refractivity contribution in [3.8, 4) is 0 Å². The second kappa shape index (κ2) is 8.46. The molecule has 0 saturated carbocycles. The van der Waals surface area contributed by atoms with Crippen molar-refractivity contribution >= 4 is 38.9 Å². The Kier molecular flexibility index (Phi) is 6.05. The highest BCUT2D eigenvalue weighted by molar-refractivity contribution is 9.10. The van der Waals surface area contributed by atoms with Crippen molar-refractivity contribution in [3.05, 3.63) is 64.1 Å². The quantitative estimate of drug-likeness (QED) is 0.581. The van der Waals surface area contributed by atoms with E-state index in [9.17, 15) is 0 Å². The second-order valence-corrected chi connectivity index (χ2v) is 7.20. The van der Waals surface area contributed by atoms with Crippen molar-refractivity contribution in [2.45, 2.75) is 33.5 Å². The molecular formula is C18H21BrN6S. The normalized spacial score (nSPS) is 10.7. The standard InChI is InChI=1S/C18H21BrN6S/c1-3-24-12-16(19)17(23-24)9-20-18(26)22-15-8-21-25(11-15)10-14-7-5-4-6-13(14)2/h4-8,11-12H,3,9-10H2,1-2H3,(H2,20,22,26). The Bertz CT molecular complexity index is 901. The summed E-state index contributed by atoms with van der Waals surface area (Å²) in [6, 6.07) is 8.31. The topological polar surface area (TPSA) is 59.7 Å². The van der Waals surface area contributed by atoms with Gasteiger partial charge < -0.3 is 10.6 Å². The average molecular weight is 433 g/mol. The molecule has 3 rings (SSSR count). The van der Waals surface area contributed by atoms with Crippen LogP contribution in [0.15, 0.2) is 47.3 Å². The molecule has 6 nitrogen and oxygen atoms in total. The lowest BCUT2D eigenvalue weighted by molar-refractivity contribution is 0.643. The third-order valence-corrected chi connectivity index (χ3v) is 4.92. The molecule has 0 fully saturated rings. The predicted octanol–water partition coefficient (Wildman–Crippen LogP) is 3.71. The van der Waals surface area contributed by atoms with Gasteiger partial charge in [0.05, 0.1) is 35.1 Å². The van der Waals surface area contributed by atoms with Gasteiger partial charge in [0.1, 0.15) is 0 Å². The zero-order valence-electron chi connectivity index (χ0n) is 14.7. The first-order valence-corrected chi connectivity index (χ1v) is 9.59. The van der Waals surface area contributed by atoms with Gasteiger partial charge in [0.15, 0.2) is 5.11 Å². The fourth-order valence-electron chi connectivity index (χ4n) is 2.53. The first kappa shape index (κ1) is 18.6. The molecule has 0 bridgehead atoms. The van der Waals surface area contributed by atoms with Crippen LogP contribution in [0.4, 0.5) is 5.69 Å². The summed E-state index contributed by atoms with van der Waals surface area (Å²) in [5.74, 6) is 0. The molecule has 0 saturated heterocycles. The Morgan fingerprint density at radius 3 is 2.77 bits per heavy atom. The maximum absolute atomic E-state index is 5.36. The highest BCUT2D eigenvalue weighted by Crippen LogP contribution is 2.15. The molecule has 0 aliphatic carbocycles. The first-order chi connectivity index (χ1) is 12.5. The van der Waals surface area contributed by atoms with Crippen molar-refractivity contribution < 1.29 is 0 Å². The minimum absolute atomic E-state index is 0.540. The van der Waals surface area contributed by atoms with E-state index in [1.807, 2.05) is 33.9 Å². The summed E-state index contributed by atoms with van der Waals surface area (Å²) in [6.07, 6.45) is 5.68. The van der Waals surface area contributed by atoms with Crippen LogP contribution in [0.25, 0.3) is 0 Å². The van der Waals surface area contributed by atoms with Gasteiger partial charge in [-0.15, -0.1) is 0 Å². The number of aromatic nitrogens is 4. The number of nitrogens with zero attached hydrogens (tertiary/aromatic N) is 4. The molecule has 2 aromatic heterocycles. The SMILES string of the molecule is CCn1cc(Br)c(CNC(=S)Nc2cnn(Cc3ccccc3C)c2)n1. The zero-order chi connectivity index (χ0) is 18.5. The summed E-state index contributed by atoms with van der Waals surface area (Å²) >= 11 is 8.88. The van der Waals surface area contributed by atoms with Crippen LogP contribution < -0.4 is 10.6 Å². The van der Waals surface area contributed by atoms with Gasteiger partial charge in [-0.3, -0.25) is 9.36 Å².